The van der Waals surface area contributed by atoms with E-state index < -0.39 is 0 Å². The monoisotopic (exact) mass is 342 g/mol. The average Bonchev–Trinajstić information content (AvgIpc) is 2.44. The minimum atomic E-state index is -0.317. The van der Waals surface area contributed by atoms with E-state index in [0.717, 1.165) is 10.6 Å². The van der Waals surface area contributed by atoms with Gasteiger partial charge < -0.3 is 15.3 Å². The Kier molecular flexibility index (Phi) is 6.01. The van der Waals surface area contributed by atoms with Crippen molar-refractivity contribution in [3.05, 3.63) is 23.2 Å². The van der Waals surface area contributed by atoms with Crippen molar-refractivity contribution in [2.24, 2.45) is 5.92 Å². The molecule has 1 aromatic rings. The van der Waals surface area contributed by atoms with Crippen molar-refractivity contribution in [1.82, 2.24) is 4.90 Å². The summed E-state index contributed by atoms with van der Waals surface area (Å²) in [6.07, 6.45) is 0.305. The molecule has 1 fully saturated rings. The quantitative estimate of drug-likeness (QED) is 0.814. The molecule has 1 saturated heterocycles. The first-order chi connectivity index (χ1) is 10.4. The minimum absolute atomic E-state index is 0.100. The van der Waals surface area contributed by atoms with Crippen LogP contribution in [0.2, 0.25) is 5.02 Å². The third-order valence-corrected chi connectivity index (χ3v) is 5.01. The zero-order valence-corrected chi connectivity index (χ0v) is 14.7. The Morgan fingerprint density at radius 3 is 2.86 bits per heavy atom. The second-order valence-corrected chi connectivity index (χ2v) is 8.07. The molecule has 0 aliphatic carbocycles. The number of urea groups is 1. The molecule has 2 amide bonds. The molecule has 6 heteroatoms. The zero-order chi connectivity index (χ0) is 16.3. The highest BCUT2D eigenvalue weighted by molar-refractivity contribution is 8.00. The van der Waals surface area contributed by atoms with Crippen LogP contribution in [-0.4, -0.2) is 40.5 Å². The van der Waals surface area contributed by atoms with E-state index in [1.165, 1.54) is 0 Å². The number of nitrogens with zero attached hydrogens (tertiary/aromatic N) is 1. The van der Waals surface area contributed by atoms with E-state index in [-0.39, 0.29) is 18.1 Å². The van der Waals surface area contributed by atoms with Crippen LogP contribution in [0.1, 0.15) is 27.2 Å². The van der Waals surface area contributed by atoms with Gasteiger partial charge in [-0.2, -0.15) is 0 Å². The van der Waals surface area contributed by atoms with Gasteiger partial charge >= 0.3 is 6.03 Å². The molecule has 22 heavy (non-hydrogen) atoms. The number of carbonyl (C=O) groups excluding carboxylic acids is 1. The fourth-order valence-corrected chi connectivity index (χ4v) is 3.53. The number of thioether (sulfide) groups is 1. The maximum atomic E-state index is 12.4. The summed E-state index contributed by atoms with van der Waals surface area (Å²) in [5.41, 5.74) is 0.745. The fraction of sp³-hybridized carbons (Fsp3) is 0.562. The molecular formula is C16H23ClN2O2S. The number of rotatable bonds is 3. The molecule has 1 aromatic carbocycles. The lowest BCUT2D eigenvalue weighted by molar-refractivity contribution is 0.0506. The van der Waals surface area contributed by atoms with Crippen LogP contribution in [0, 0.1) is 5.92 Å². The normalized spacial score (nSPS) is 22.0. The summed E-state index contributed by atoms with van der Waals surface area (Å²) < 4.78 is 0. The third-order valence-electron chi connectivity index (χ3n) is 3.69. The van der Waals surface area contributed by atoms with Gasteiger partial charge in [0.2, 0.25) is 0 Å². The van der Waals surface area contributed by atoms with Crippen molar-refractivity contribution in [3.8, 4) is 0 Å². The van der Waals surface area contributed by atoms with E-state index in [0.29, 0.717) is 29.8 Å². The van der Waals surface area contributed by atoms with Crippen LogP contribution in [0.4, 0.5) is 10.5 Å². The van der Waals surface area contributed by atoms with Gasteiger partial charge in [-0.15, -0.1) is 11.8 Å². The number of carbonyl (C=O) groups is 1. The molecule has 2 atom stereocenters. The lowest BCUT2D eigenvalue weighted by Gasteiger charge is -2.34. The summed E-state index contributed by atoms with van der Waals surface area (Å²) in [5.74, 6) is 0.100. The van der Waals surface area contributed by atoms with Gasteiger partial charge in [-0.1, -0.05) is 32.4 Å². The molecule has 0 radical (unpaired) electrons. The van der Waals surface area contributed by atoms with Gasteiger partial charge in [0.1, 0.15) is 0 Å². The smallest absolute Gasteiger partial charge is 0.321 e. The van der Waals surface area contributed by atoms with Crippen LogP contribution in [0.15, 0.2) is 23.1 Å². The Morgan fingerprint density at radius 2 is 2.23 bits per heavy atom. The van der Waals surface area contributed by atoms with E-state index in [9.17, 15) is 9.90 Å². The van der Waals surface area contributed by atoms with Crippen LogP contribution >= 0.6 is 23.4 Å². The highest BCUT2D eigenvalue weighted by Gasteiger charge is 2.27. The number of benzene rings is 1. The van der Waals surface area contributed by atoms with Gasteiger partial charge in [0, 0.05) is 28.3 Å². The third kappa shape index (κ3) is 4.54. The first kappa shape index (κ1) is 17.4. The van der Waals surface area contributed by atoms with E-state index in [4.69, 9.17) is 11.6 Å². The number of aliphatic hydroxyl groups is 1. The number of halogens is 1. The van der Waals surface area contributed by atoms with Crippen LogP contribution < -0.4 is 5.32 Å². The number of piperidine rings is 1. The van der Waals surface area contributed by atoms with E-state index in [2.05, 4.69) is 19.2 Å². The molecule has 0 saturated carbocycles. The van der Waals surface area contributed by atoms with Gasteiger partial charge in [-0.25, -0.2) is 4.79 Å². The maximum absolute atomic E-state index is 12.4. The SMILES string of the molecule is CC(C)Sc1ccc(Cl)cc1NC(=O)N1CC[C@H](O)[C@@H](C)C1. The Balaban J connectivity index is 2.09. The second kappa shape index (κ2) is 7.57. The first-order valence-electron chi connectivity index (χ1n) is 7.57. The summed E-state index contributed by atoms with van der Waals surface area (Å²) in [4.78, 5) is 15.2. The molecule has 0 bridgehead atoms. The molecule has 2 N–H and O–H groups in total. The fourth-order valence-electron chi connectivity index (χ4n) is 2.47. The topological polar surface area (TPSA) is 52.6 Å². The van der Waals surface area contributed by atoms with Crippen molar-refractivity contribution >= 4 is 35.1 Å². The highest BCUT2D eigenvalue weighted by Crippen LogP contribution is 2.33. The number of anilines is 1. The molecule has 1 aliphatic rings. The molecule has 2 rings (SSSR count). The number of amides is 2. The summed E-state index contributed by atoms with van der Waals surface area (Å²) >= 11 is 7.75. The Morgan fingerprint density at radius 1 is 1.50 bits per heavy atom. The zero-order valence-electron chi connectivity index (χ0n) is 13.2. The van der Waals surface area contributed by atoms with Crippen LogP contribution in [0.25, 0.3) is 0 Å². The molecule has 4 nitrogen and oxygen atoms in total. The summed E-state index contributed by atoms with van der Waals surface area (Å²) in [6, 6.07) is 5.42. The predicted octanol–water partition coefficient (Wildman–Crippen LogP) is 4.08. The lowest BCUT2D eigenvalue weighted by Crippen LogP contribution is -2.46. The first-order valence-corrected chi connectivity index (χ1v) is 8.82. The lowest BCUT2D eigenvalue weighted by atomic mass is 9.97. The molecule has 0 aromatic heterocycles. The molecule has 0 spiro atoms. The predicted molar refractivity (Wildman–Crippen MR) is 92.8 cm³/mol. The number of hydrogen-bond acceptors (Lipinski definition) is 3. The Hall–Kier alpha value is -0.910. The number of likely N-dealkylation sites (tertiary alicyclic amines) is 1. The van der Waals surface area contributed by atoms with Crippen LogP contribution in [0.5, 0.6) is 0 Å². The highest BCUT2D eigenvalue weighted by atomic mass is 35.5. The number of hydrogen-bond donors (Lipinski definition) is 2. The van der Waals surface area contributed by atoms with Crippen molar-refractivity contribution in [3.63, 3.8) is 0 Å². The van der Waals surface area contributed by atoms with E-state index in [1.54, 1.807) is 22.7 Å². The molecule has 0 unspecified atom stereocenters. The van der Waals surface area contributed by atoms with Crippen molar-refractivity contribution < 1.29 is 9.90 Å². The number of aliphatic hydroxyl groups excluding tert-OH is 1. The Bertz CT molecular complexity index is 539. The van der Waals surface area contributed by atoms with Gasteiger partial charge in [-0.3, -0.25) is 0 Å². The summed E-state index contributed by atoms with van der Waals surface area (Å²) in [5, 5.41) is 13.8. The second-order valence-electron chi connectivity index (χ2n) is 6.02. The van der Waals surface area contributed by atoms with Crippen molar-refractivity contribution in [2.45, 2.75) is 43.4 Å². The summed E-state index contributed by atoms with van der Waals surface area (Å²) in [6.45, 7) is 7.32. The minimum Gasteiger partial charge on any atom is -0.393 e. The van der Waals surface area contributed by atoms with Gasteiger partial charge in [0.25, 0.3) is 0 Å². The summed E-state index contributed by atoms with van der Waals surface area (Å²) in [7, 11) is 0. The van der Waals surface area contributed by atoms with E-state index in [1.807, 2.05) is 19.1 Å². The molecule has 1 aliphatic heterocycles. The Labute approximate surface area is 141 Å². The molecule has 122 valence electrons. The van der Waals surface area contributed by atoms with Gasteiger partial charge in [0.15, 0.2) is 0 Å². The largest absolute Gasteiger partial charge is 0.393 e. The van der Waals surface area contributed by atoms with Crippen LogP contribution in [-0.2, 0) is 0 Å². The standard InChI is InChI=1S/C16H23ClN2O2S/c1-10(2)22-15-5-4-12(17)8-13(15)18-16(21)19-7-6-14(20)11(3)9-19/h4-5,8,10-11,14,20H,6-7,9H2,1-3H3,(H,18,21)/t11-,14-/m0/s1. The molecule has 1 heterocycles. The van der Waals surface area contributed by atoms with Gasteiger partial charge in [-0.05, 0) is 30.5 Å². The van der Waals surface area contributed by atoms with Crippen LogP contribution in [0.3, 0.4) is 0 Å². The average molecular weight is 343 g/mol. The van der Waals surface area contributed by atoms with Gasteiger partial charge in [0.05, 0.1) is 11.8 Å². The van der Waals surface area contributed by atoms with Crippen molar-refractivity contribution in [1.29, 1.82) is 0 Å². The molecular weight excluding hydrogens is 320 g/mol. The number of nitrogens with one attached hydrogen (secondary N) is 1. The van der Waals surface area contributed by atoms with E-state index >= 15 is 0 Å². The maximum Gasteiger partial charge on any atom is 0.321 e. The van der Waals surface area contributed by atoms with Crippen molar-refractivity contribution in [2.75, 3.05) is 18.4 Å².